The van der Waals surface area contributed by atoms with Crippen molar-refractivity contribution < 1.29 is 19.5 Å². The molecule has 240 valence electrons. The summed E-state index contributed by atoms with van der Waals surface area (Å²) in [6.07, 6.45) is 4.06. The molecule has 0 aliphatic carbocycles. The standard InChI is InChI=1S/C28H24N16O4/c1-13-16(7-29)25(44-24(30)23(15(3)40-44)36-38-27-18(21(48)12-46)9-33-42(27)6)34-28(22(13)31-4)43-10-19(14(2)39-43)35-37-26-17(20(47)11-45)8-32-41(26)5/h8-10,12,45H,11,30H2,1-3,5-6H3/b37-35+,38-36+. The van der Waals surface area contributed by atoms with E-state index in [1.165, 1.54) is 44.4 Å². The van der Waals surface area contributed by atoms with Crippen LogP contribution in [0.25, 0.3) is 16.5 Å². The number of nitrogens with two attached hydrogens (primary N) is 1. The number of aliphatic hydroxyl groups excluding tert-OH is 1. The van der Waals surface area contributed by atoms with Gasteiger partial charge in [-0.1, -0.05) is 0 Å². The van der Waals surface area contributed by atoms with Gasteiger partial charge in [-0.05, 0) is 26.3 Å². The summed E-state index contributed by atoms with van der Waals surface area (Å²) in [7, 11) is 3.08. The van der Waals surface area contributed by atoms with Crippen LogP contribution in [0.15, 0.2) is 39.0 Å². The number of anilines is 1. The number of aryl methyl sites for hydroxylation is 4. The summed E-state index contributed by atoms with van der Waals surface area (Å²) in [5.41, 5.74) is 7.79. The van der Waals surface area contributed by atoms with E-state index in [9.17, 15) is 24.8 Å². The molecule has 0 amide bonds. The molecule has 0 radical (unpaired) electrons. The van der Waals surface area contributed by atoms with E-state index in [0.717, 1.165) is 0 Å². The number of nitriles is 1. The molecule has 0 aliphatic rings. The molecule has 0 aromatic carbocycles. The van der Waals surface area contributed by atoms with E-state index in [0.29, 0.717) is 5.69 Å². The topological polar surface area (TPSA) is 259 Å². The van der Waals surface area contributed by atoms with Crippen molar-refractivity contribution in [3.63, 3.8) is 0 Å². The number of carbonyl (C=O) groups is 3. The number of carbonyl (C=O) groups excluding carboxylic acids is 3. The van der Waals surface area contributed by atoms with Gasteiger partial charge in [-0.15, -0.1) is 20.5 Å². The molecule has 5 heterocycles. The number of hydrogen-bond donors (Lipinski definition) is 2. The summed E-state index contributed by atoms with van der Waals surface area (Å²) < 4.78 is 5.05. The van der Waals surface area contributed by atoms with Crippen molar-refractivity contribution in [1.82, 2.24) is 44.1 Å². The van der Waals surface area contributed by atoms with Gasteiger partial charge in [-0.25, -0.2) is 23.9 Å². The van der Waals surface area contributed by atoms with Gasteiger partial charge in [0.2, 0.25) is 11.5 Å². The van der Waals surface area contributed by atoms with Gasteiger partial charge in [-0.2, -0.15) is 30.3 Å². The van der Waals surface area contributed by atoms with E-state index in [1.807, 2.05) is 0 Å². The summed E-state index contributed by atoms with van der Waals surface area (Å²) in [6, 6.07) is 2.06. The highest BCUT2D eigenvalue weighted by molar-refractivity contribution is 6.34. The number of azo groups is 2. The Morgan fingerprint density at radius 2 is 1.67 bits per heavy atom. The van der Waals surface area contributed by atoms with Gasteiger partial charge in [0, 0.05) is 14.1 Å². The number of rotatable bonds is 10. The quantitative estimate of drug-likeness (QED) is 0.0730. The molecular weight excluding hydrogens is 624 g/mol. The van der Waals surface area contributed by atoms with Gasteiger partial charge in [0.05, 0.1) is 53.2 Å². The lowest BCUT2D eigenvalue weighted by Gasteiger charge is -2.13. The number of aromatic nitrogens is 9. The van der Waals surface area contributed by atoms with Crippen LogP contribution in [0.3, 0.4) is 0 Å². The number of aldehydes is 1. The van der Waals surface area contributed by atoms with Crippen molar-refractivity contribution in [3.05, 3.63) is 63.6 Å². The molecule has 5 rings (SSSR count). The Balaban J connectivity index is 1.60. The number of Topliss-reactive ketones (excluding diaryl/α,β-unsaturated/α-hetero) is 2. The Kier molecular flexibility index (Phi) is 8.58. The normalized spacial score (nSPS) is 11.3. The highest BCUT2D eigenvalue weighted by atomic mass is 16.3. The van der Waals surface area contributed by atoms with E-state index >= 15 is 0 Å². The second kappa shape index (κ2) is 12.7. The molecule has 5 aromatic heterocycles. The predicted octanol–water partition coefficient (Wildman–Crippen LogP) is 3.24. The Labute approximate surface area is 270 Å². The van der Waals surface area contributed by atoms with Crippen molar-refractivity contribution in [2.75, 3.05) is 12.3 Å². The van der Waals surface area contributed by atoms with Gasteiger partial charge in [0.1, 0.15) is 18.4 Å². The zero-order valence-corrected chi connectivity index (χ0v) is 26.0. The van der Waals surface area contributed by atoms with Crippen LogP contribution in [0.5, 0.6) is 0 Å². The van der Waals surface area contributed by atoms with E-state index in [2.05, 4.69) is 56.7 Å². The third kappa shape index (κ3) is 5.50. The van der Waals surface area contributed by atoms with Gasteiger partial charge in [0.15, 0.2) is 46.8 Å². The SMILES string of the molecule is [C-]#[N+]c1c(-n2cc(/N=N/c3c(C(=O)CO)cnn3C)c(C)n2)nc(-n2nc(C)c(/N=N/c3c(C(=O)C=O)cnn3C)c2N)c(C#N)c1C. The van der Waals surface area contributed by atoms with E-state index in [4.69, 9.17) is 12.3 Å². The van der Waals surface area contributed by atoms with Crippen LogP contribution in [0.4, 0.5) is 34.5 Å². The molecule has 20 heteroatoms. The molecular formula is C28H24N16O4. The van der Waals surface area contributed by atoms with Gasteiger partial charge >= 0.3 is 0 Å². The van der Waals surface area contributed by atoms with Crippen LogP contribution in [0, 0.1) is 38.7 Å². The largest absolute Gasteiger partial charge is 0.388 e. The molecule has 0 bridgehead atoms. The summed E-state index contributed by atoms with van der Waals surface area (Å²) in [5, 5.41) is 52.8. The molecule has 5 aromatic rings. The first-order valence-corrected chi connectivity index (χ1v) is 13.7. The lowest BCUT2D eigenvalue weighted by Crippen LogP contribution is -2.11. The second-order valence-electron chi connectivity index (χ2n) is 10.1. The minimum Gasteiger partial charge on any atom is -0.388 e. The maximum absolute atomic E-state index is 12.1. The third-order valence-electron chi connectivity index (χ3n) is 7.08. The average molecular weight is 649 g/mol. The summed E-state index contributed by atoms with van der Waals surface area (Å²) >= 11 is 0. The average Bonchev–Trinajstić information content (AvgIpc) is 3.82. The fraction of sp³-hybridized carbons (Fsp3) is 0.214. The predicted molar refractivity (Wildman–Crippen MR) is 165 cm³/mol. The Morgan fingerprint density at radius 1 is 1.02 bits per heavy atom. The highest BCUT2D eigenvalue weighted by Gasteiger charge is 2.25. The fourth-order valence-electron chi connectivity index (χ4n) is 4.54. The summed E-state index contributed by atoms with van der Waals surface area (Å²) in [6.45, 7) is 11.9. The molecule has 0 unspecified atom stereocenters. The van der Waals surface area contributed by atoms with Crippen LogP contribution < -0.4 is 5.73 Å². The number of hydrogen-bond acceptors (Lipinski definition) is 15. The summed E-state index contributed by atoms with van der Waals surface area (Å²) in [4.78, 5) is 43.3. The van der Waals surface area contributed by atoms with Gasteiger partial charge < -0.3 is 10.8 Å². The molecule has 0 atom stereocenters. The maximum Gasteiger partial charge on any atom is 0.235 e. The lowest BCUT2D eigenvalue weighted by atomic mass is 10.1. The zero-order valence-electron chi connectivity index (χ0n) is 26.0. The molecule has 0 aliphatic heterocycles. The molecule has 0 saturated heterocycles. The highest BCUT2D eigenvalue weighted by Crippen LogP contribution is 2.36. The molecule has 0 spiro atoms. The molecule has 0 fully saturated rings. The number of ketones is 2. The number of aliphatic hydroxyl groups is 1. The van der Waals surface area contributed by atoms with Crippen LogP contribution in [-0.4, -0.2) is 73.7 Å². The first kappa shape index (κ1) is 32.3. The monoisotopic (exact) mass is 648 g/mol. The Morgan fingerprint density at radius 3 is 2.29 bits per heavy atom. The van der Waals surface area contributed by atoms with Crippen molar-refractivity contribution in [2.24, 2.45) is 34.6 Å². The molecule has 3 N–H and O–H groups in total. The smallest absolute Gasteiger partial charge is 0.235 e. The molecule has 20 nitrogen and oxygen atoms in total. The van der Waals surface area contributed by atoms with E-state index in [-0.39, 0.29) is 80.4 Å². The number of nitrogen functional groups attached to an aromatic ring is 1. The minimum absolute atomic E-state index is 0.00835. The molecule has 48 heavy (non-hydrogen) atoms. The van der Waals surface area contributed by atoms with Crippen LogP contribution in [0.1, 0.15) is 43.2 Å². The van der Waals surface area contributed by atoms with Gasteiger partial charge in [-0.3, -0.25) is 14.4 Å². The fourth-order valence-corrected chi connectivity index (χ4v) is 4.54. The third-order valence-corrected chi connectivity index (χ3v) is 7.08. The van der Waals surface area contributed by atoms with Crippen LogP contribution in [0.2, 0.25) is 0 Å². The van der Waals surface area contributed by atoms with E-state index < -0.39 is 18.2 Å². The zero-order chi connectivity index (χ0) is 34.9. The maximum atomic E-state index is 12.1. The first-order valence-electron chi connectivity index (χ1n) is 13.7. The lowest BCUT2D eigenvalue weighted by molar-refractivity contribution is -0.104. The van der Waals surface area contributed by atoms with E-state index in [1.54, 1.807) is 27.8 Å². The number of nitrogens with zero attached hydrogens (tertiary/aromatic N) is 15. The van der Waals surface area contributed by atoms with Crippen molar-refractivity contribution in [1.29, 1.82) is 5.26 Å². The van der Waals surface area contributed by atoms with Crippen molar-refractivity contribution >= 4 is 52.4 Å². The van der Waals surface area contributed by atoms with Crippen LogP contribution >= 0.6 is 0 Å². The molecule has 0 saturated carbocycles. The Bertz CT molecular complexity index is 2290. The van der Waals surface area contributed by atoms with Crippen molar-refractivity contribution in [3.8, 4) is 17.7 Å². The minimum atomic E-state index is -0.833. The Hall–Kier alpha value is -7.06. The number of pyridine rings is 1. The van der Waals surface area contributed by atoms with Crippen molar-refractivity contribution in [2.45, 2.75) is 20.8 Å². The summed E-state index contributed by atoms with van der Waals surface area (Å²) in [5.74, 6) is -1.36. The first-order chi connectivity index (χ1) is 22.9. The van der Waals surface area contributed by atoms with Gasteiger partial charge in [0.25, 0.3) is 0 Å². The second-order valence-corrected chi connectivity index (χ2v) is 10.1. The van der Waals surface area contributed by atoms with Crippen LogP contribution in [-0.2, 0) is 18.9 Å².